The van der Waals surface area contributed by atoms with Crippen LogP contribution in [0.1, 0.15) is 31.9 Å². The molecule has 0 bridgehead atoms. The van der Waals surface area contributed by atoms with Crippen LogP contribution in [0.5, 0.6) is 5.75 Å². The van der Waals surface area contributed by atoms with Crippen LogP contribution in [0, 0.1) is 0 Å². The monoisotopic (exact) mass is 259 g/mol. The van der Waals surface area contributed by atoms with Gasteiger partial charge in [-0.25, -0.2) is 0 Å². The number of halogens is 2. The highest BCUT2D eigenvalue weighted by molar-refractivity contribution is 5.30. The van der Waals surface area contributed by atoms with Crippen molar-refractivity contribution < 1.29 is 18.6 Å². The van der Waals surface area contributed by atoms with Gasteiger partial charge in [0, 0.05) is 12.6 Å². The largest absolute Gasteiger partial charge is 0.435 e. The lowest BCUT2D eigenvalue weighted by molar-refractivity contribution is -0.0499. The average molecular weight is 259 g/mol. The van der Waals surface area contributed by atoms with Gasteiger partial charge in [0.1, 0.15) is 5.75 Å². The minimum Gasteiger partial charge on any atom is -0.435 e. The molecule has 1 aromatic carbocycles. The van der Waals surface area contributed by atoms with E-state index in [0.29, 0.717) is 13.0 Å². The summed E-state index contributed by atoms with van der Waals surface area (Å²) in [5, 5.41) is 12.6. The molecule has 2 atom stereocenters. The van der Waals surface area contributed by atoms with E-state index in [1.807, 2.05) is 19.9 Å². The molecule has 0 heterocycles. The Labute approximate surface area is 106 Å². The molecule has 0 aliphatic carbocycles. The van der Waals surface area contributed by atoms with Crippen LogP contribution in [0.2, 0.25) is 0 Å². The van der Waals surface area contributed by atoms with Gasteiger partial charge in [0.25, 0.3) is 0 Å². The van der Waals surface area contributed by atoms with Crippen molar-refractivity contribution >= 4 is 0 Å². The van der Waals surface area contributed by atoms with Crippen LogP contribution in [-0.4, -0.2) is 24.4 Å². The zero-order chi connectivity index (χ0) is 13.5. The fraction of sp³-hybridized carbons (Fsp3) is 0.538. The molecule has 0 fully saturated rings. The standard InChI is InChI=1S/C13H19F2NO2/c1-3-11(17)8-16-9(2)10-5-4-6-12(7-10)18-13(14)15/h4-7,9,11,13,16-17H,3,8H2,1-2H3. The normalized spacial score (nSPS) is 14.6. The molecule has 0 aliphatic rings. The van der Waals surface area contributed by atoms with E-state index in [-0.39, 0.29) is 11.8 Å². The minimum atomic E-state index is -2.81. The fourth-order valence-corrected chi connectivity index (χ4v) is 1.54. The molecule has 0 aromatic heterocycles. The maximum atomic E-state index is 12.1. The van der Waals surface area contributed by atoms with E-state index < -0.39 is 12.7 Å². The molecule has 0 saturated carbocycles. The van der Waals surface area contributed by atoms with Crippen molar-refractivity contribution in [3.8, 4) is 5.75 Å². The van der Waals surface area contributed by atoms with E-state index in [1.165, 1.54) is 6.07 Å². The molecule has 5 heteroatoms. The highest BCUT2D eigenvalue weighted by Gasteiger charge is 2.10. The third kappa shape index (κ3) is 4.98. The first-order chi connectivity index (χ1) is 8.52. The summed E-state index contributed by atoms with van der Waals surface area (Å²) in [5.41, 5.74) is 0.844. The molecule has 0 saturated heterocycles. The number of nitrogens with one attached hydrogen (secondary N) is 1. The molecule has 0 aliphatic heterocycles. The van der Waals surface area contributed by atoms with Gasteiger partial charge in [-0.1, -0.05) is 19.1 Å². The lowest BCUT2D eigenvalue weighted by Crippen LogP contribution is -2.28. The third-order valence-corrected chi connectivity index (χ3v) is 2.71. The van der Waals surface area contributed by atoms with Gasteiger partial charge < -0.3 is 15.2 Å². The Morgan fingerprint density at radius 1 is 1.39 bits per heavy atom. The molecule has 0 radical (unpaired) electrons. The van der Waals surface area contributed by atoms with Crippen LogP contribution >= 0.6 is 0 Å². The summed E-state index contributed by atoms with van der Waals surface area (Å²) in [7, 11) is 0. The Kier molecular flexibility index (Phi) is 6.01. The Balaban J connectivity index is 2.59. The summed E-state index contributed by atoms with van der Waals surface area (Å²) >= 11 is 0. The van der Waals surface area contributed by atoms with E-state index in [4.69, 9.17) is 0 Å². The second-order valence-corrected chi connectivity index (χ2v) is 4.14. The summed E-state index contributed by atoms with van der Waals surface area (Å²) in [5.74, 6) is 0.146. The summed E-state index contributed by atoms with van der Waals surface area (Å²) < 4.78 is 28.5. The van der Waals surface area contributed by atoms with Crippen molar-refractivity contribution in [2.75, 3.05) is 6.54 Å². The number of benzene rings is 1. The molecule has 2 N–H and O–H groups in total. The maximum Gasteiger partial charge on any atom is 0.387 e. The van der Waals surface area contributed by atoms with Crippen LogP contribution in [0.25, 0.3) is 0 Å². The van der Waals surface area contributed by atoms with Gasteiger partial charge in [-0.15, -0.1) is 0 Å². The number of ether oxygens (including phenoxy) is 1. The molecular formula is C13H19F2NO2. The van der Waals surface area contributed by atoms with Crippen LogP contribution in [-0.2, 0) is 0 Å². The smallest absolute Gasteiger partial charge is 0.387 e. The van der Waals surface area contributed by atoms with Gasteiger partial charge in [0.2, 0.25) is 0 Å². The number of aliphatic hydroxyl groups is 1. The highest BCUT2D eigenvalue weighted by atomic mass is 19.3. The molecule has 1 rings (SSSR count). The molecule has 1 aromatic rings. The number of hydrogen-bond donors (Lipinski definition) is 2. The third-order valence-electron chi connectivity index (χ3n) is 2.71. The van der Waals surface area contributed by atoms with E-state index in [1.54, 1.807) is 12.1 Å². The van der Waals surface area contributed by atoms with Crippen LogP contribution in [0.4, 0.5) is 8.78 Å². The molecule has 2 unspecified atom stereocenters. The first-order valence-corrected chi connectivity index (χ1v) is 5.99. The number of rotatable bonds is 7. The van der Waals surface area contributed by atoms with Crippen LogP contribution in [0.3, 0.4) is 0 Å². The van der Waals surface area contributed by atoms with Crippen molar-refractivity contribution in [3.63, 3.8) is 0 Å². The SMILES string of the molecule is CCC(O)CNC(C)c1cccc(OC(F)F)c1. The molecule has 3 nitrogen and oxygen atoms in total. The summed E-state index contributed by atoms with van der Waals surface area (Å²) in [4.78, 5) is 0. The van der Waals surface area contributed by atoms with E-state index in [9.17, 15) is 13.9 Å². The summed E-state index contributed by atoms with van der Waals surface area (Å²) in [6.45, 7) is 1.46. The Morgan fingerprint density at radius 2 is 2.11 bits per heavy atom. The van der Waals surface area contributed by atoms with Crippen molar-refractivity contribution in [1.82, 2.24) is 5.32 Å². The Hall–Kier alpha value is -1.20. The Bertz CT molecular complexity index is 361. The zero-order valence-electron chi connectivity index (χ0n) is 10.6. The first kappa shape index (κ1) is 14.9. The topological polar surface area (TPSA) is 41.5 Å². The van der Waals surface area contributed by atoms with Gasteiger partial charge >= 0.3 is 6.61 Å². The van der Waals surface area contributed by atoms with Gasteiger partial charge in [0.05, 0.1) is 6.10 Å². The van der Waals surface area contributed by atoms with Crippen LogP contribution < -0.4 is 10.1 Å². The lowest BCUT2D eigenvalue weighted by atomic mass is 10.1. The number of alkyl halides is 2. The van der Waals surface area contributed by atoms with Gasteiger partial charge in [-0.3, -0.25) is 0 Å². The van der Waals surface area contributed by atoms with Gasteiger partial charge in [-0.05, 0) is 31.0 Å². The number of aliphatic hydroxyl groups excluding tert-OH is 1. The molecule has 102 valence electrons. The quantitative estimate of drug-likeness (QED) is 0.791. The van der Waals surface area contributed by atoms with Crippen LogP contribution in [0.15, 0.2) is 24.3 Å². The zero-order valence-corrected chi connectivity index (χ0v) is 10.6. The summed E-state index contributed by atoms with van der Waals surface area (Å²) in [6, 6.07) is 6.52. The average Bonchev–Trinajstić information content (AvgIpc) is 2.35. The molecular weight excluding hydrogens is 240 g/mol. The highest BCUT2D eigenvalue weighted by Crippen LogP contribution is 2.20. The predicted molar refractivity (Wildman–Crippen MR) is 65.8 cm³/mol. The van der Waals surface area contributed by atoms with Crippen molar-refractivity contribution in [1.29, 1.82) is 0 Å². The Morgan fingerprint density at radius 3 is 2.72 bits per heavy atom. The lowest BCUT2D eigenvalue weighted by Gasteiger charge is -2.17. The van der Waals surface area contributed by atoms with Gasteiger partial charge in [-0.2, -0.15) is 8.78 Å². The second-order valence-electron chi connectivity index (χ2n) is 4.14. The van der Waals surface area contributed by atoms with E-state index in [2.05, 4.69) is 10.1 Å². The van der Waals surface area contributed by atoms with Crippen molar-refractivity contribution in [2.45, 2.75) is 39.0 Å². The van der Waals surface area contributed by atoms with E-state index in [0.717, 1.165) is 5.56 Å². The van der Waals surface area contributed by atoms with E-state index >= 15 is 0 Å². The number of hydrogen-bond acceptors (Lipinski definition) is 3. The predicted octanol–water partition coefficient (Wildman–Crippen LogP) is 2.71. The molecule has 18 heavy (non-hydrogen) atoms. The maximum absolute atomic E-state index is 12.1. The van der Waals surface area contributed by atoms with Crippen molar-refractivity contribution in [2.24, 2.45) is 0 Å². The summed E-state index contributed by atoms with van der Waals surface area (Å²) in [6.07, 6.45) is 0.279. The second kappa shape index (κ2) is 7.28. The minimum absolute atomic E-state index is 0.0348. The molecule has 0 amide bonds. The van der Waals surface area contributed by atoms with Gasteiger partial charge in [0.15, 0.2) is 0 Å². The van der Waals surface area contributed by atoms with Crippen molar-refractivity contribution in [3.05, 3.63) is 29.8 Å². The molecule has 0 spiro atoms. The first-order valence-electron chi connectivity index (χ1n) is 5.99. The fourth-order valence-electron chi connectivity index (χ4n) is 1.54.